The van der Waals surface area contributed by atoms with Gasteiger partial charge in [-0.1, -0.05) is 20.8 Å². The molecule has 0 aliphatic carbocycles. The van der Waals surface area contributed by atoms with Crippen molar-refractivity contribution in [1.82, 2.24) is 4.90 Å². The van der Waals surface area contributed by atoms with E-state index in [-0.39, 0.29) is 0 Å². The Balaban J connectivity index is 2.29. The van der Waals surface area contributed by atoms with Crippen molar-refractivity contribution in [3.63, 3.8) is 0 Å². The van der Waals surface area contributed by atoms with Crippen LogP contribution < -0.4 is 0 Å². The van der Waals surface area contributed by atoms with Gasteiger partial charge in [-0.05, 0) is 19.4 Å². The minimum Gasteiger partial charge on any atom is -0.383 e. The van der Waals surface area contributed by atoms with Crippen molar-refractivity contribution in [3.8, 4) is 0 Å². The van der Waals surface area contributed by atoms with E-state index >= 15 is 0 Å². The van der Waals surface area contributed by atoms with E-state index in [0.717, 1.165) is 12.5 Å². The molecule has 3 heteroatoms. The third kappa shape index (κ3) is 4.20. The van der Waals surface area contributed by atoms with Gasteiger partial charge in [-0.15, -0.1) is 11.8 Å². The molecule has 1 unspecified atom stereocenters. The highest BCUT2D eigenvalue weighted by Gasteiger charge is 2.25. The summed E-state index contributed by atoms with van der Waals surface area (Å²) in [6.07, 6.45) is 2.64. The van der Waals surface area contributed by atoms with Gasteiger partial charge in [0.25, 0.3) is 0 Å². The van der Waals surface area contributed by atoms with Crippen molar-refractivity contribution < 1.29 is 4.74 Å². The molecule has 2 nitrogen and oxygen atoms in total. The fraction of sp³-hybridized carbons (Fsp3) is 1.00. The number of likely N-dealkylation sites (tertiary alicyclic amines) is 1. The number of ether oxygens (including phenoxy) is 1. The molecule has 14 heavy (non-hydrogen) atoms. The fourth-order valence-electron chi connectivity index (χ4n) is 1.72. The van der Waals surface area contributed by atoms with Gasteiger partial charge in [0.15, 0.2) is 0 Å². The molecule has 1 heterocycles. The number of thioether (sulfide) groups is 1. The first-order chi connectivity index (χ1) is 6.53. The Hall–Kier alpha value is 0.270. The van der Waals surface area contributed by atoms with Crippen LogP contribution in [0.5, 0.6) is 0 Å². The summed E-state index contributed by atoms with van der Waals surface area (Å²) in [6, 6.07) is 0.662. The summed E-state index contributed by atoms with van der Waals surface area (Å²) < 4.78 is 5.61. The van der Waals surface area contributed by atoms with Gasteiger partial charge in [0.1, 0.15) is 0 Å². The monoisotopic (exact) mass is 217 g/mol. The molecule has 0 radical (unpaired) electrons. The Labute approximate surface area is 92.4 Å². The third-order valence-corrected chi connectivity index (χ3v) is 3.85. The van der Waals surface area contributed by atoms with Crippen LogP contribution in [0.25, 0.3) is 0 Å². The highest BCUT2D eigenvalue weighted by molar-refractivity contribution is 8.00. The SMILES string of the molecule is COCC1CCCN1CSC(C)(C)C. The van der Waals surface area contributed by atoms with E-state index in [1.807, 2.05) is 11.8 Å². The Kier molecular flexibility index (Phi) is 4.74. The van der Waals surface area contributed by atoms with Gasteiger partial charge >= 0.3 is 0 Å². The Morgan fingerprint density at radius 2 is 2.14 bits per heavy atom. The van der Waals surface area contributed by atoms with E-state index in [4.69, 9.17) is 4.74 Å². The number of methoxy groups -OCH3 is 1. The van der Waals surface area contributed by atoms with E-state index in [1.54, 1.807) is 7.11 Å². The zero-order valence-corrected chi connectivity index (χ0v) is 10.7. The first-order valence-corrected chi connectivity index (χ1v) is 6.38. The maximum atomic E-state index is 5.24. The third-order valence-electron chi connectivity index (χ3n) is 2.52. The van der Waals surface area contributed by atoms with Gasteiger partial charge in [0, 0.05) is 23.8 Å². The molecule has 0 aromatic heterocycles. The standard InChI is InChI=1S/C11H23NOS/c1-11(2,3)14-9-12-7-5-6-10(12)8-13-4/h10H,5-9H2,1-4H3. The number of nitrogens with zero attached hydrogens (tertiary/aromatic N) is 1. The molecular weight excluding hydrogens is 194 g/mol. The molecule has 1 aliphatic heterocycles. The van der Waals surface area contributed by atoms with E-state index in [1.165, 1.54) is 19.4 Å². The van der Waals surface area contributed by atoms with E-state index in [0.29, 0.717) is 10.8 Å². The van der Waals surface area contributed by atoms with Crippen LogP contribution in [0.3, 0.4) is 0 Å². The van der Waals surface area contributed by atoms with Gasteiger partial charge in [-0.25, -0.2) is 0 Å². The largest absolute Gasteiger partial charge is 0.383 e. The number of rotatable bonds is 4. The summed E-state index contributed by atoms with van der Waals surface area (Å²) in [4.78, 5) is 2.55. The second kappa shape index (κ2) is 5.38. The predicted molar refractivity (Wildman–Crippen MR) is 63.8 cm³/mol. The molecule has 1 fully saturated rings. The molecule has 1 atom stereocenters. The molecular formula is C11H23NOS. The van der Waals surface area contributed by atoms with E-state index in [9.17, 15) is 0 Å². The Morgan fingerprint density at radius 3 is 2.71 bits per heavy atom. The van der Waals surface area contributed by atoms with Crippen molar-refractivity contribution in [1.29, 1.82) is 0 Å². The van der Waals surface area contributed by atoms with Crippen LogP contribution >= 0.6 is 11.8 Å². The molecule has 1 saturated heterocycles. The molecule has 0 N–H and O–H groups in total. The maximum Gasteiger partial charge on any atom is 0.0618 e. The number of hydrogen-bond donors (Lipinski definition) is 0. The van der Waals surface area contributed by atoms with E-state index in [2.05, 4.69) is 25.7 Å². The lowest BCUT2D eigenvalue weighted by Gasteiger charge is -2.27. The number of hydrogen-bond acceptors (Lipinski definition) is 3. The van der Waals surface area contributed by atoms with Crippen molar-refractivity contribution in [2.45, 2.75) is 44.4 Å². The summed E-state index contributed by atoms with van der Waals surface area (Å²) >= 11 is 2.03. The topological polar surface area (TPSA) is 12.5 Å². The summed E-state index contributed by atoms with van der Waals surface area (Å²) in [7, 11) is 1.80. The van der Waals surface area contributed by atoms with Crippen LogP contribution in [-0.2, 0) is 4.74 Å². The second-order valence-corrected chi connectivity index (χ2v) is 6.72. The lowest BCUT2D eigenvalue weighted by atomic mass is 10.2. The molecule has 84 valence electrons. The first-order valence-electron chi connectivity index (χ1n) is 5.40. The summed E-state index contributed by atoms with van der Waals surface area (Å²) in [5.74, 6) is 1.15. The quantitative estimate of drug-likeness (QED) is 0.718. The molecule has 0 bridgehead atoms. The highest BCUT2D eigenvalue weighted by atomic mass is 32.2. The van der Waals surface area contributed by atoms with Crippen LogP contribution in [0.15, 0.2) is 0 Å². The minimum absolute atomic E-state index is 0.375. The van der Waals surface area contributed by atoms with Crippen LogP contribution in [0.1, 0.15) is 33.6 Å². The zero-order chi connectivity index (χ0) is 10.6. The molecule has 0 saturated carbocycles. The summed E-state index contributed by atoms with van der Waals surface area (Å²) in [5.41, 5.74) is 0. The normalized spacial score (nSPS) is 24.4. The van der Waals surface area contributed by atoms with Crippen LogP contribution in [0.4, 0.5) is 0 Å². The van der Waals surface area contributed by atoms with Gasteiger partial charge in [-0.3, -0.25) is 4.90 Å². The van der Waals surface area contributed by atoms with E-state index < -0.39 is 0 Å². The molecule has 0 spiro atoms. The Bertz CT molecular complexity index is 167. The summed E-state index contributed by atoms with van der Waals surface area (Å²) in [6.45, 7) is 8.97. The zero-order valence-electron chi connectivity index (χ0n) is 9.88. The van der Waals surface area contributed by atoms with Gasteiger partial charge in [-0.2, -0.15) is 0 Å². The van der Waals surface area contributed by atoms with Crippen LogP contribution in [-0.4, -0.2) is 41.8 Å². The lowest BCUT2D eigenvalue weighted by molar-refractivity contribution is 0.126. The molecule has 0 amide bonds. The Morgan fingerprint density at radius 1 is 1.43 bits per heavy atom. The predicted octanol–water partition coefficient (Wildman–Crippen LogP) is 2.59. The summed E-state index contributed by atoms with van der Waals surface area (Å²) in [5, 5.41) is 0. The average Bonchev–Trinajstić information content (AvgIpc) is 2.48. The highest BCUT2D eigenvalue weighted by Crippen LogP contribution is 2.27. The minimum atomic E-state index is 0.375. The van der Waals surface area contributed by atoms with Crippen molar-refractivity contribution in [2.75, 3.05) is 26.1 Å². The van der Waals surface area contributed by atoms with Crippen molar-refractivity contribution >= 4 is 11.8 Å². The van der Waals surface area contributed by atoms with Gasteiger partial charge < -0.3 is 4.74 Å². The van der Waals surface area contributed by atoms with Gasteiger partial charge in [0.2, 0.25) is 0 Å². The first kappa shape index (κ1) is 12.3. The maximum absolute atomic E-state index is 5.24. The molecule has 0 aromatic carbocycles. The second-order valence-electron chi connectivity index (χ2n) is 4.95. The van der Waals surface area contributed by atoms with Crippen LogP contribution in [0.2, 0.25) is 0 Å². The average molecular weight is 217 g/mol. The smallest absolute Gasteiger partial charge is 0.0618 e. The lowest BCUT2D eigenvalue weighted by Crippen LogP contribution is -2.33. The van der Waals surface area contributed by atoms with Crippen LogP contribution in [0, 0.1) is 0 Å². The molecule has 1 aliphatic rings. The van der Waals surface area contributed by atoms with Gasteiger partial charge in [0.05, 0.1) is 6.61 Å². The van der Waals surface area contributed by atoms with Crippen molar-refractivity contribution in [2.24, 2.45) is 0 Å². The van der Waals surface area contributed by atoms with Crippen molar-refractivity contribution in [3.05, 3.63) is 0 Å². The molecule has 1 rings (SSSR count). The molecule has 0 aromatic rings. The fourth-order valence-corrected chi connectivity index (χ4v) is 2.62.